The molecule has 0 aromatic heterocycles. The Kier molecular flexibility index (Phi) is 3.53. The zero-order valence-electron chi connectivity index (χ0n) is 8.03. The Morgan fingerprint density at radius 3 is 2.58 bits per heavy atom. The van der Waals surface area contributed by atoms with Crippen molar-refractivity contribution < 1.29 is 10.2 Å². The van der Waals surface area contributed by atoms with Crippen LogP contribution in [-0.2, 0) is 0 Å². The summed E-state index contributed by atoms with van der Waals surface area (Å²) in [4.78, 5) is 0. The van der Waals surface area contributed by atoms with E-state index in [0.717, 1.165) is 12.8 Å². The Balaban J connectivity index is 2.44. The highest BCUT2D eigenvalue weighted by molar-refractivity contribution is 4.80. The molecule has 4 atom stereocenters. The van der Waals surface area contributed by atoms with E-state index in [2.05, 4.69) is 6.92 Å². The largest absolute Gasteiger partial charge is 0.396 e. The molecule has 2 nitrogen and oxygen atoms in total. The Labute approximate surface area is 74.6 Å². The molecule has 1 aliphatic rings. The molecule has 2 N–H and O–H groups in total. The molecule has 1 aliphatic carbocycles. The number of hydrogen-bond acceptors (Lipinski definition) is 2. The van der Waals surface area contributed by atoms with Gasteiger partial charge in [0.25, 0.3) is 0 Å². The highest BCUT2D eigenvalue weighted by atomic mass is 16.3. The first-order chi connectivity index (χ1) is 5.65. The molecule has 1 fully saturated rings. The van der Waals surface area contributed by atoms with Crippen LogP contribution in [0.25, 0.3) is 0 Å². The molecule has 0 amide bonds. The summed E-state index contributed by atoms with van der Waals surface area (Å²) in [5.41, 5.74) is 0. The Morgan fingerprint density at radius 1 is 1.42 bits per heavy atom. The normalized spacial score (nSPS) is 39.5. The van der Waals surface area contributed by atoms with Gasteiger partial charge in [-0.15, -0.1) is 0 Å². The lowest BCUT2D eigenvalue weighted by molar-refractivity contribution is 0.00804. The van der Waals surface area contributed by atoms with E-state index in [9.17, 15) is 5.11 Å². The van der Waals surface area contributed by atoms with Gasteiger partial charge in [0.15, 0.2) is 0 Å². The van der Waals surface area contributed by atoms with Gasteiger partial charge in [-0.2, -0.15) is 0 Å². The molecule has 0 bridgehead atoms. The van der Waals surface area contributed by atoms with Crippen LogP contribution in [0.4, 0.5) is 0 Å². The summed E-state index contributed by atoms with van der Waals surface area (Å²) in [6, 6.07) is 0. The smallest absolute Gasteiger partial charge is 0.0574 e. The average Bonchev–Trinajstić information content (AvgIpc) is 2.03. The molecule has 0 aromatic carbocycles. The number of aliphatic hydroxyl groups excluding tert-OH is 2. The fourth-order valence-electron chi connectivity index (χ4n) is 2.17. The summed E-state index contributed by atoms with van der Waals surface area (Å²) in [7, 11) is 0. The van der Waals surface area contributed by atoms with Crippen molar-refractivity contribution in [2.75, 3.05) is 6.61 Å². The van der Waals surface area contributed by atoms with Crippen molar-refractivity contribution in [2.24, 2.45) is 17.8 Å². The Morgan fingerprint density at radius 2 is 2.08 bits per heavy atom. The maximum Gasteiger partial charge on any atom is 0.0574 e. The summed E-state index contributed by atoms with van der Waals surface area (Å²) in [5.74, 6) is 1.24. The van der Waals surface area contributed by atoms with Gasteiger partial charge < -0.3 is 10.2 Å². The predicted octanol–water partition coefficient (Wildman–Crippen LogP) is 1.41. The van der Waals surface area contributed by atoms with E-state index in [1.807, 2.05) is 6.92 Å². The van der Waals surface area contributed by atoms with Crippen LogP contribution < -0.4 is 0 Å². The fourth-order valence-corrected chi connectivity index (χ4v) is 2.17. The highest BCUT2D eigenvalue weighted by Gasteiger charge is 2.30. The molecule has 1 saturated carbocycles. The maximum absolute atomic E-state index is 9.73. The average molecular weight is 173 g/mol. The molecule has 0 heterocycles. The molecule has 2 heteroatoms. The first kappa shape index (κ1) is 10.0. The van der Waals surface area contributed by atoms with Crippen LogP contribution in [0.15, 0.2) is 0 Å². The monoisotopic (exact) mass is 173 g/mol. The van der Waals surface area contributed by atoms with Crippen LogP contribution in [0.2, 0.25) is 0 Å². The quantitative estimate of drug-likeness (QED) is 0.620. The van der Waals surface area contributed by atoms with Crippen LogP contribution >= 0.6 is 0 Å². The second kappa shape index (κ2) is 4.24. The fraction of sp³-hybridized carbons (Fsp3) is 1.00. The highest BCUT2D eigenvalue weighted by Crippen LogP contribution is 2.33. The SMILES string of the molecule is C[C@@H](CO)[C@@H]1CC[13C@@H](C)C[C@H]1O. The van der Waals surface area contributed by atoms with Crippen molar-refractivity contribution in [1.29, 1.82) is 0 Å². The van der Waals surface area contributed by atoms with E-state index in [1.54, 1.807) is 0 Å². The van der Waals surface area contributed by atoms with Gasteiger partial charge in [-0.1, -0.05) is 20.3 Å². The molecule has 1 rings (SSSR count). The molecule has 12 heavy (non-hydrogen) atoms. The van der Waals surface area contributed by atoms with E-state index >= 15 is 0 Å². The summed E-state index contributed by atoms with van der Waals surface area (Å²) in [6.07, 6.45) is 3.00. The summed E-state index contributed by atoms with van der Waals surface area (Å²) < 4.78 is 0. The predicted molar refractivity (Wildman–Crippen MR) is 48.8 cm³/mol. The minimum atomic E-state index is -0.184. The number of hydrogen-bond donors (Lipinski definition) is 2. The minimum absolute atomic E-state index is 0.184. The lowest BCUT2D eigenvalue weighted by atomic mass is 9.81. The maximum atomic E-state index is 9.73. The summed E-state index contributed by atoms with van der Waals surface area (Å²) in [5, 5.41) is 18.7. The minimum Gasteiger partial charge on any atom is -0.396 e. The lowest BCUT2D eigenvalue weighted by Crippen LogP contribution is -2.34. The van der Waals surface area contributed by atoms with Crippen LogP contribution in [0.5, 0.6) is 0 Å². The molecule has 0 aromatic rings. The third kappa shape index (κ3) is 2.20. The topological polar surface area (TPSA) is 40.5 Å². The Bertz CT molecular complexity index is 136. The van der Waals surface area contributed by atoms with Gasteiger partial charge in [-0.05, 0) is 30.6 Å². The van der Waals surface area contributed by atoms with Gasteiger partial charge in [-0.3, -0.25) is 0 Å². The second-order valence-electron chi connectivity index (χ2n) is 4.31. The zero-order chi connectivity index (χ0) is 9.14. The van der Waals surface area contributed by atoms with Crippen LogP contribution in [0.3, 0.4) is 0 Å². The molecule has 72 valence electrons. The molecule has 0 unspecified atom stereocenters. The standard InChI is InChI=1S/C10H20O2/c1-7-3-4-9(8(2)6-11)10(12)5-7/h7-12H,3-6H2,1-2H3/t7-,8+,9+,10-/m1/s1/i7+1. The van der Waals surface area contributed by atoms with Crippen molar-refractivity contribution in [3.05, 3.63) is 0 Å². The molecule has 0 radical (unpaired) electrons. The van der Waals surface area contributed by atoms with Gasteiger partial charge in [0.05, 0.1) is 6.10 Å². The van der Waals surface area contributed by atoms with E-state index in [4.69, 9.17) is 5.11 Å². The molecular weight excluding hydrogens is 153 g/mol. The van der Waals surface area contributed by atoms with Gasteiger partial charge in [0.1, 0.15) is 0 Å². The van der Waals surface area contributed by atoms with Gasteiger partial charge in [-0.25, -0.2) is 0 Å². The first-order valence-electron chi connectivity index (χ1n) is 4.94. The van der Waals surface area contributed by atoms with E-state index in [0.29, 0.717) is 11.8 Å². The van der Waals surface area contributed by atoms with Gasteiger partial charge in [0.2, 0.25) is 0 Å². The van der Waals surface area contributed by atoms with Crippen LogP contribution in [0.1, 0.15) is 33.1 Å². The van der Waals surface area contributed by atoms with E-state index in [-0.39, 0.29) is 18.6 Å². The number of rotatable bonds is 2. The summed E-state index contributed by atoms with van der Waals surface area (Å²) >= 11 is 0. The lowest BCUT2D eigenvalue weighted by Gasteiger charge is -2.34. The third-order valence-electron chi connectivity index (χ3n) is 3.15. The Hall–Kier alpha value is -0.0800. The molecule has 0 saturated heterocycles. The first-order valence-corrected chi connectivity index (χ1v) is 4.94. The molecule has 0 spiro atoms. The van der Waals surface area contributed by atoms with Crippen molar-refractivity contribution in [3.63, 3.8) is 0 Å². The van der Waals surface area contributed by atoms with Crippen molar-refractivity contribution in [3.8, 4) is 0 Å². The van der Waals surface area contributed by atoms with Crippen LogP contribution in [0, 0.1) is 17.8 Å². The van der Waals surface area contributed by atoms with Crippen molar-refractivity contribution in [2.45, 2.75) is 39.2 Å². The van der Waals surface area contributed by atoms with Crippen molar-refractivity contribution in [1.82, 2.24) is 0 Å². The molecular formula is C10H20O2. The van der Waals surface area contributed by atoms with Crippen molar-refractivity contribution >= 4 is 0 Å². The van der Waals surface area contributed by atoms with Gasteiger partial charge >= 0.3 is 0 Å². The van der Waals surface area contributed by atoms with Gasteiger partial charge in [0, 0.05) is 6.61 Å². The van der Waals surface area contributed by atoms with Crippen LogP contribution in [-0.4, -0.2) is 22.9 Å². The van der Waals surface area contributed by atoms with E-state index < -0.39 is 0 Å². The number of aliphatic hydroxyl groups is 2. The molecule has 0 aliphatic heterocycles. The summed E-state index contributed by atoms with van der Waals surface area (Å²) in [6.45, 7) is 4.41. The second-order valence-corrected chi connectivity index (χ2v) is 4.31. The third-order valence-corrected chi connectivity index (χ3v) is 3.15. The zero-order valence-corrected chi connectivity index (χ0v) is 8.03. The van der Waals surface area contributed by atoms with E-state index in [1.165, 1.54) is 6.42 Å².